The van der Waals surface area contributed by atoms with Crippen LogP contribution in [0.25, 0.3) is 0 Å². The van der Waals surface area contributed by atoms with Gasteiger partial charge in [0.05, 0.1) is 6.54 Å². The molecule has 1 saturated heterocycles. The Labute approximate surface area is 157 Å². The highest BCUT2D eigenvalue weighted by Crippen LogP contribution is 2.24. The molecule has 1 amide bonds. The number of hydrogen-bond acceptors (Lipinski definition) is 3. The summed E-state index contributed by atoms with van der Waals surface area (Å²) in [4.78, 5) is 27.2. The Kier molecular flexibility index (Phi) is 6.47. The molecule has 2 aliphatic rings. The molecule has 3 rings (SSSR count). The molecule has 4 heteroatoms. The van der Waals surface area contributed by atoms with E-state index in [9.17, 15) is 9.59 Å². The summed E-state index contributed by atoms with van der Waals surface area (Å²) < 4.78 is 0. The lowest BCUT2D eigenvalue weighted by Gasteiger charge is -2.33. The molecule has 1 aliphatic heterocycles. The van der Waals surface area contributed by atoms with Gasteiger partial charge in [-0.3, -0.25) is 14.5 Å². The first-order chi connectivity index (χ1) is 12.5. The molecule has 0 spiro atoms. The molecule has 0 unspecified atom stereocenters. The zero-order valence-corrected chi connectivity index (χ0v) is 16.2. The zero-order chi connectivity index (χ0) is 18.5. The highest BCUT2D eigenvalue weighted by atomic mass is 16.2. The summed E-state index contributed by atoms with van der Waals surface area (Å²) in [7, 11) is 0. The second kappa shape index (κ2) is 8.81. The van der Waals surface area contributed by atoms with Crippen LogP contribution in [0, 0.1) is 18.8 Å². The van der Waals surface area contributed by atoms with Gasteiger partial charge in [0.2, 0.25) is 5.91 Å². The lowest BCUT2D eigenvalue weighted by molar-refractivity contribution is -0.123. The fraction of sp³-hybridized carbons (Fsp3) is 0.636. The maximum Gasteiger partial charge on any atom is 0.234 e. The maximum absolute atomic E-state index is 12.6. The first-order valence-corrected chi connectivity index (χ1v) is 10.2. The minimum Gasteiger partial charge on any atom is -0.352 e. The van der Waals surface area contributed by atoms with Crippen molar-refractivity contribution in [2.24, 2.45) is 11.8 Å². The van der Waals surface area contributed by atoms with E-state index in [0.717, 1.165) is 37.9 Å². The lowest BCUT2D eigenvalue weighted by Crippen LogP contribution is -2.47. The fourth-order valence-corrected chi connectivity index (χ4v) is 4.29. The average Bonchev–Trinajstić information content (AvgIpc) is 2.64. The lowest BCUT2D eigenvalue weighted by atomic mass is 9.86. The third kappa shape index (κ3) is 4.94. The van der Waals surface area contributed by atoms with E-state index in [1.165, 1.54) is 24.8 Å². The Morgan fingerprint density at radius 1 is 1.04 bits per heavy atom. The van der Waals surface area contributed by atoms with Crippen molar-refractivity contribution in [3.8, 4) is 0 Å². The summed E-state index contributed by atoms with van der Waals surface area (Å²) in [5, 5.41) is 3.23. The van der Waals surface area contributed by atoms with Crippen LogP contribution in [0.1, 0.15) is 61.4 Å². The number of ketones is 1. The molecule has 0 aromatic heterocycles. The van der Waals surface area contributed by atoms with Crippen molar-refractivity contribution in [2.75, 3.05) is 19.6 Å². The van der Waals surface area contributed by atoms with Gasteiger partial charge in [0.25, 0.3) is 0 Å². The van der Waals surface area contributed by atoms with Crippen LogP contribution in [-0.2, 0) is 4.79 Å². The van der Waals surface area contributed by atoms with Gasteiger partial charge in [0.15, 0.2) is 5.78 Å². The first kappa shape index (κ1) is 19.1. The van der Waals surface area contributed by atoms with E-state index in [4.69, 9.17) is 0 Å². The van der Waals surface area contributed by atoms with Crippen molar-refractivity contribution in [1.82, 2.24) is 10.2 Å². The van der Waals surface area contributed by atoms with Gasteiger partial charge in [-0.1, -0.05) is 49.6 Å². The number of carbonyl (C=O) groups excluding carboxylic acids is 2. The van der Waals surface area contributed by atoms with E-state index < -0.39 is 0 Å². The molecule has 1 saturated carbocycles. The standard InChI is InChI=1S/C22H32N2O2/c1-16-7-9-18(10-8-16)22(26)19-11-13-24(14-12-19)15-21(25)23-20-6-4-3-5-17(20)2/h7-10,17,19-20H,3-6,11-15H2,1-2H3,(H,23,25)/t17-,20+/m1/s1. The van der Waals surface area contributed by atoms with Crippen LogP contribution < -0.4 is 5.32 Å². The van der Waals surface area contributed by atoms with Crippen molar-refractivity contribution in [3.05, 3.63) is 35.4 Å². The Morgan fingerprint density at radius 3 is 2.35 bits per heavy atom. The Morgan fingerprint density at radius 2 is 1.69 bits per heavy atom. The van der Waals surface area contributed by atoms with Gasteiger partial charge in [-0.2, -0.15) is 0 Å². The molecule has 1 aromatic carbocycles. The van der Waals surface area contributed by atoms with Gasteiger partial charge in [0, 0.05) is 17.5 Å². The van der Waals surface area contributed by atoms with Gasteiger partial charge in [0.1, 0.15) is 0 Å². The number of nitrogens with one attached hydrogen (secondary N) is 1. The molecule has 4 nitrogen and oxygen atoms in total. The van der Waals surface area contributed by atoms with Gasteiger partial charge in [-0.25, -0.2) is 0 Å². The largest absolute Gasteiger partial charge is 0.352 e. The molecule has 0 bridgehead atoms. The monoisotopic (exact) mass is 356 g/mol. The summed E-state index contributed by atoms with van der Waals surface area (Å²) >= 11 is 0. The highest BCUT2D eigenvalue weighted by molar-refractivity contribution is 5.97. The van der Waals surface area contributed by atoms with Crippen LogP contribution in [0.15, 0.2) is 24.3 Å². The van der Waals surface area contributed by atoms with Gasteiger partial charge >= 0.3 is 0 Å². The SMILES string of the molecule is Cc1ccc(C(=O)C2CCN(CC(=O)N[C@H]3CCCC[C@H]3C)CC2)cc1. The Balaban J connectivity index is 1.44. The maximum atomic E-state index is 12.6. The minimum absolute atomic E-state index is 0.0929. The smallest absolute Gasteiger partial charge is 0.234 e. The number of likely N-dealkylation sites (tertiary alicyclic amines) is 1. The van der Waals surface area contributed by atoms with Crippen LogP contribution >= 0.6 is 0 Å². The molecular formula is C22H32N2O2. The van der Waals surface area contributed by atoms with E-state index in [1.807, 2.05) is 31.2 Å². The van der Waals surface area contributed by atoms with Crippen molar-refractivity contribution in [3.63, 3.8) is 0 Å². The zero-order valence-electron chi connectivity index (χ0n) is 16.2. The summed E-state index contributed by atoms with van der Waals surface area (Å²) in [5.41, 5.74) is 1.99. The molecular weight excluding hydrogens is 324 g/mol. The molecule has 1 aliphatic carbocycles. The predicted molar refractivity (Wildman–Crippen MR) is 104 cm³/mol. The number of hydrogen-bond donors (Lipinski definition) is 1. The molecule has 2 atom stereocenters. The number of nitrogens with zero attached hydrogens (tertiary/aromatic N) is 1. The van der Waals surface area contributed by atoms with Gasteiger partial charge in [-0.05, 0) is 51.6 Å². The summed E-state index contributed by atoms with van der Waals surface area (Å²) in [6.45, 7) is 6.40. The fourth-order valence-electron chi connectivity index (χ4n) is 4.29. The summed E-state index contributed by atoms with van der Waals surface area (Å²) in [5.74, 6) is 1.08. The van der Waals surface area contributed by atoms with E-state index in [0.29, 0.717) is 18.5 Å². The molecule has 0 radical (unpaired) electrons. The first-order valence-electron chi connectivity index (χ1n) is 10.2. The van der Waals surface area contributed by atoms with Crippen LogP contribution in [-0.4, -0.2) is 42.3 Å². The molecule has 26 heavy (non-hydrogen) atoms. The second-order valence-electron chi connectivity index (χ2n) is 8.22. The molecule has 1 aromatic rings. The van der Waals surface area contributed by atoms with Gasteiger partial charge in [-0.15, -0.1) is 0 Å². The van der Waals surface area contributed by atoms with Crippen molar-refractivity contribution in [1.29, 1.82) is 0 Å². The molecule has 2 fully saturated rings. The Bertz CT molecular complexity index is 618. The molecule has 142 valence electrons. The number of rotatable bonds is 5. The van der Waals surface area contributed by atoms with Crippen molar-refractivity contribution >= 4 is 11.7 Å². The van der Waals surface area contributed by atoms with E-state index in [2.05, 4.69) is 17.1 Å². The molecule has 1 heterocycles. The van der Waals surface area contributed by atoms with E-state index in [1.54, 1.807) is 0 Å². The number of benzene rings is 1. The van der Waals surface area contributed by atoms with Crippen LogP contribution in [0.5, 0.6) is 0 Å². The minimum atomic E-state index is 0.0929. The van der Waals surface area contributed by atoms with Crippen molar-refractivity contribution < 1.29 is 9.59 Å². The van der Waals surface area contributed by atoms with E-state index in [-0.39, 0.29) is 17.6 Å². The van der Waals surface area contributed by atoms with Crippen LogP contribution in [0.3, 0.4) is 0 Å². The number of Topliss-reactive ketones (excluding diaryl/α,β-unsaturated/α-hetero) is 1. The predicted octanol–water partition coefficient (Wildman–Crippen LogP) is 3.58. The quantitative estimate of drug-likeness (QED) is 0.820. The number of aryl methyl sites for hydroxylation is 1. The normalized spacial score (nSPS) is 25.0. The van der Waals surface area contributed by atoms with Crippen LogP contribution in [0.4, 0.5) is 0 Å². The third-order valence-corrected chi connectivity index (χ3v) is 6.12. The highest BCUT2D eigenvalue weighted by Gasteiger charge is 2.28. The summed E-state index contributed by atoms with van der Waals surface area (Å²) in [6.07, 6.45) is 6.54. The number of piperidine rings is 1. The Hall–Kier alpha value is -1.68. The van der Waals surface area contributed by atoms with Gasteiger partial charge < -0.3 is 5.32 Å². The number of amides is 1. The second-order valence-corrected chi connectivity index (χ2v) is 8.22. The van der Waals surface area contributed by atoms with Crippen LogP contribution in [0.2, 0.25) is 0 Å². The number of carbonyl (C=O) groups is 2. The molecule has 1 N–H and O–H groups in total. The average molecular weight is 357 g/mol. The topological polar surface area (TPSA) is 49.4 Å². The van der Waals surface area contributed by atoms with E-state index >= 15 is 0 Å². The summed E-state index contributed by atoms with van der Waals surface area (Å²) in [6, 6.07) is 8.21. The van der Waals surface area contributed by atoms with Crippen molar-refractivity contribution in [2.45, 2.75) is 58.4 Å². The third-order valence-electron chi connectivity index (χ3n) is 6.12.